The maximum absolute atomic E-state index is 12.5. The molecular weight excluding hydrogens is 260 g/mol. The summed E-state index contributed by atoms with van der Waals surface area (Å²) >= 11 is 0. The Hall–Kier alpha value is -1.85. The summed E-state index contributed by atoms with van der Waals surface area (Å²) in [5.74, 6) is -0.636. The summed E-state index contributed by atoms with van der Waals surface area (Å²) in [6.45, 7) is 7.82. The molecule has 0 bridgehead atoms. The van der Waals surface area contributed by atoms with Gasteiger partial charge in [-0.15, -0.1) is 0 Å². The van der Waals surface area contributed by atoms with Crippen LogP contribution in [0.25, 0.3) is 0 Å². The Morgan fingerprint density at radius 3 is 2.55 bits per heavy atom. The third-order valence-electron chi connectivity index (χ3n) is 4.19. The van der Waals surface area contributed by atoms with Gasteiger partial charge in [0.05, 0.1) is 17.0 Å². The van der Waals surface area contributed by atoms with Crippen LogP contribution < -0.4 is 0 Å². The van der Waals surface area contributed by atoms with Gasteiger partial charge < -0.3 is 14.5 Å². The molecule has 1 N–H and O–H groups in total. The van der Waals surface area contributed by atoms with Crippen molar-refractivity contribution in [1.82, 2.24) is 10.1 Å². The number of rotatable bonds is 3. The van der Waals surface area contributed by atoms with Crippen LogP contribution in [-0.2, 0) is 9.59 Å². The number of likely N-dealkylation sites (tertiary alicyclic amines) is 1. The average Bonchev–Trinajstić information content (AvgIpc) is 2.93. The van der Waals surface area contributed by atoms with Crippen LogP contribution in [0.5, 0.6) is 0 Å². The zero-order valence-electron chi connectivity index (χ0n) is 12.3. The Kier molecular flexibility index (Phi) is 3.58. The Balaban J connectivity index is 2.16. The molecule has 0 aliphatic carbocycles. The highest BCUT2D eigenvalue weighted by Crippen LogP contribution is 2.33. The predicted molar refractivity (Wildman–Crippen MR) is 71.3 cm³/mol. The molecule has 2 rings (SSSR count). The SMILES string of the molecule is Cc1noc(C)c1[C@@H](C)C(=O)N1CC[C@@](C)(C(=O)O)C1. The molecule has 1 aliphatic heterocycles. The lowest BCUT2D eigenvalue weighted by Gasteiger charge is -2.23. The van der Waals surface area contributed by atoms with Crippen LogP contribution in [0.2, 0.25) is 0 Å². The second kappa shape index (κ2) is 4.92. The third kappa shape index (κ3) is 2.30. The number of amides is 1. The molecule has 6 nitrogen and oxygen atoms in total. The molecule has 1 amide bonds. The Morgan fingerprint density at radius 1 is 1.45 bits per heavy atom. The van der Waals surface area contributed by atoms with Gasteiger partial charge in [0.2, 0.25) is 5.91 Å². The molecule has 20 heavy (non-hydrogen) atoms. The van der Waals surface area contributed by atoms with Crippen LogP contribution in [0, 0.1) is 19.3 Å². The van der Waals surface area contributed by atoms with Gasteiger partial charge in [0.1, 0.15) is 5.76 Å². The van der Waals surface area contributed by atoms with Crippen molar-refractivity contribution in [3.8, 4) is 0 Å². The van der Waals surface area contributed by atoms with Crippen LogP contribution in [-0.4, -0.2) is 40.1 Å². The molecule has 1 aromatic heterocycles. The molecule has 2 heterocycles. The first kappa shape index (κ1) is 14.6. The molecular formula is C14H20N2O4. The summed E-state index contributed by atoms with van der Waals surface area (Å²) in [6.07, 6.45) is 0.488. The average molecular weight is 280 g/mol. The van der Waals surface area contributed by atoms with Crippen molar-refractivity contribution < 1.29 is 19.2 Å². The molecule has 1 aliphatic rings. The maximum atomic E-state index is 12.5. The van der Waals surface area contributed by atoms with Crippen LogP contribution >= 0.6 is 0 Å². The van der Waals surface area contributed by atoms with E-state index in [0.717, 1.165) is 5.56 Å². The summed E-state index contributed by atoms with van der Waals surface area (Å²) < 4.78 is 5.09. The van der Waals surface area contributed by atoms with Gasteiger partial charge in [0, 0.05) is 18.7 Å². The van der Waals surface area contributed by atoms with E-state index in [0.29, 0.717) is 24.4 Å². The zero-order valence-corrected chi connectivity index (χ0v) is 12.3. The summed E-state index contributed by atoms with van der Waals surface area (Å²) in [5.41, 5.74) is 0.677. The van der Waals surface area contributed by atoms with Crippen LogP contribution in [0.4, 0.5) is 0 Å². The van der Waals surface area contributed by atoms with Crippen molar-refractivity contribution in [1.29, 1.82) is 0 Å². The summed E-state index contributed by atoms with van der Waals surface area (Å²) in [7, 11) is 0. The number of carboxylic acids is 1. The highest BCUT2D eigenvalue weighted by atomic mass is 16.5. The van der Waals surface area contributed by atoms with E-state index < -0.39 is 11.4 Å². The topological polar surface area (TPSA) is 83.6 Å². The number of hydrogen-bond acceptors (Lipinski definition) is 4. The second-order valence-electron chi connectivity index (χ2n) is 5.84. The molecule has 0 radical (unpaired) electrons. The monoisotopic (exact) mass is 280 g/mol. The number of aryl methyl sites for hydroxylation is 2. The van der Waals surface area contributed by atoms with Gasteiger partial charge in [0.15, 0.2) is 0 Å². The Bertz CT molecular complexity index is 532. The van der Waals surface area contributed by atoms with Crippen molar-refractivity contribution in [3.63, 3.8) is 0 Å². The normalized spacial score (nSPS) is 23.9. The molecule has 1 saturated heterocycles. The van der Waals surface area contributed by atoms with Crippen molar-refractivity contribution >= 4 is 11.9 Å². The first-order chi connectivity index (χ1) is 9.26. The zero-order chi connectivity index (χ0) is 15.1. The van der Waals surface area contributed by atoms with Gasteiger partial charge in [-0.3, -0.25) is 9.59 Å². The van der Waals surface area contributed by atoms with Gasteiger partial charge in [-0.1, -0.05) is 5.16 Å². The molecule has 0 spiro atoms. The van der Waals surface area contributed by atoms with Crippen molar-refractivity contribution in [2.24, 2.45) is 5.41 Å². The standard InChI is InChI=1S/C14H20N2O4/c1-8(11-9(2)15-20-10(11)3)12(17)16-6-5-14(4,7-16)13(18)19/h8H,5-7H2,1-4H3,(H,18,19)/t8-,14-/m1/s1. The molecule has 110 valence electrons. The molecule has 1 fully saturated rings. The van der Waals surface area contributed by atoms with Gasteiger partial charge in [-0.2, -0.15) is 0 Å². The van der Waals surface area contributed by atoms with E-state index in [-0.39, 0.29) is 18.4 Å². The number of carbonyl (C=O) groups is 2. The lowest BCUT2D eigenvalue weighted by atomic mass is 9.90. The van der Waals surface area contributed by atoms with E-state index in [2.05, 4.69) is 5.16 Å². The van der Waals surface area contributed by atoms with Gasteiger partial charge in [-0.25, -0.2) is 0 Å². The summed E-state index contributed by atoms with van der Waals surface area (Å²) in [4.78, 5) is 25.4. The number of hydrogen-bond donors (Lipinski definition) is 1. The molecule has 0 aromatic carbocycles. The Labute approximate surface area is 117 Å². The molecule has 6 heteroatoms. The van der Waals surface area contributed by atoms with Crippen LogP contribution in [0.3, 0.4) is 0 Å². The minimum absolute atomic E-state index is 0.0654. The fourth-order valence-corrected chi connectivity index (χ4v) is 2.83. The lowest BCUT2D eigenvalue weighted by molar-refractivity contribution is -0.147. The molecule has 0 unspecified atom stereocenters. The van der Waals surface area contributed by atoms with Crippen molar-refractivity contribution in [2.75, 3.05) is 13.1 Å². The molecule has 1 aromatic rings. The fraction of sp³-hybridized carbons (Fsp3) is 0.643. The highest BCUT2D eigenvalue weighted by molar-refractivity contribution is 5.85. The number of carboxylic acid groups (broad SMARTS) is 1. The Morgan fingerprint density at radius 2 is 2.10 bits per heavy atom. The smallest absolute Gasteiger partial charge is 0.311 e. The predicted octanol–water partition coefficient (Wildman–Crippen LogP) is 1.72. The maximum Gasteiger partial charge on any atom is 0.311 e. The van der Waals surface area contributed by atoms with Gasteiger partial charge >= 0.3 is 5.97 Å². The fourth-order valence-electron chi connectivity index (χ4n) is 2.83. The van der Waals surface area contributed by atoms with E-state index in [1.807, 2.05) is 6.92 Å². The summed E-state index contributed by atoms with van der Waals surface area (Å²) in [5, 5.41) is 13.1. The van der Waals surface area contributed by atoms with E-state index in [1.165, 1.54) is 0 Å². The first-order valence-corrected chi connectivity index (χ1v) is 6.71. The largest absolute Gasteiger partial charge is 0.481 e. The molecule has 0 saturated carbocycles. The minimum atomic E-state index is -0.849. The second-order valence-corrected chi connectivity index (χ2v) is 5.84. The first-order valence-electron chi connectivity index (χ1n) is 6.71. The van der Waals surface area contributed by atoms with E-state index in [1.54, 1.807) is 25.7 Å². The lowest BCUT2D eigenvalue weighted by Crippen LogP contribution is -2.37. The van der Waals surface area contributed by atoms with Crippen molar-refractivity contribution in [3.05, 3.63) is 17.0 Å². The summed E-state index contributed by atoms with van der Waals surface area (Å²) in [6, 6.07) is 0. The number of carbonyl (C=O) groups excluding carboxylic acids is 1. The third-order valence-corrected chi connectivity index (χ3v) is 4.19. The van der Waals surface area contributed by atoms with Crippen LogP contribution in [0.1, 0.15) is 43.2 Å². The highest BCUT2D eigenvalue weighted by Gasteiger charge is 2.43. The van der Waals surface area contributed by atoms with E-state index >= 15 is 0 Å². The number of nitrogens with zero attached hydrogens (tertiary/aromatic N) is 2. The molecule has 2 atom stereocenters. The van der Waals surface area contributed by atoms with Gasteiger partial charge in [0.25, 0.3) is 0 Å². The van der Waals surface area contributed by atoms with Crippen LogP contribution in [0.15, 0.2) is 4.52 Å². The van der Waals surface area contributed by atoms with Gasteiger partial charge in [-0.05, 0) is 34.1 Å². The van der Waals surface area contributed by atoms with Crippen molar-refractivity contribution in [2.45, 2.75) is 40.0 Å². The quantitative estimate of drug-likeness (QED) is 0.911. The number of aliphatic carboxylic acids is 1. The van der Waals surface area contributed by atoms with E-state index in [4.69, 9.17) is 4.52 Å². The minimum Gasteiger partial charge on any atom is -0.481 e. The number of aromatic nitrogens is 1. The van der Waals surface area contributed by atoms with E-state index in [9.17, 15) is 14.7 Å².